The molecule has 0 amide bonds. The zero-order valence-corrected chi connectivity index (χ0v) is 19.8. The smallest absolute Gasteiger partial charge is 0.263 e. The van der Waals surface area contributed by atoms with Gasteiger partial charge in [-0.1, -0.05) is 38.1 Å². The van der Waals surface area contributed by atoms with Crippen LogP contribution in [0.3, 0.4) is 0 Å². The Morgan fingerprint density at radius 2 is 1.84 bits per heavy atom. The molecular formula is C22H23BrN4O3S. The molecule has 0 saturated carbocycles. The van der Waals surface area contributed by atoms with Crippen molar-refractivity contribution in [3.05, 3.63) is 82.2 Å². The molecule has 0 bridgehead atoms. The van der Waals surface area contributed by atoms with Crippen molar-refractivity contribution >= 4 is 37.5 Å². The van der Waals surface area contributed by atoms with Crippen LogP contribution in [-0.2, 0) is 21.9 Å². The summed E-state index contributed by atoms with van der Waals surface area (Å²) in [6, 6.07) is 13.7. The van der Waals surface area contributed by atoms with E-state index < -0.39 is 10.0 Å². The molecule has 162 valence electrons. The maximum atomic E-state index is 12.9. The van der Waals surface area contributed by atoms with E-state index in [0.29, 0.717) is 21.4 Å². The van der Waals surface area contributed by atoms with Crippen molar-refractivity contribution in [1.29, 1.82) is 0 Å². The lowest BCUT2D eigenvalue weighted by Gasteiger charge is -2.19. The quantitative estimate of drug-likeness (QED) is 0.287. The Balaban J connectivity index is 1.85. The number of anilines is 1. The van der Waals surface area contributed by atoms with Gasteiger partial charge >= 0.3 is 0 Å². The average molecular weight is 503 g/mol. The van der Waals surface area contributed by atoms with Gasteiger partial charge in [-0.05, 0) is 63.3 Å². The summed E-state index contributed by atoms with van der Waals surface area (Å²) in [6.45, 7) is 6.20. The largest absolute Gasteiger partial charge is 0.411 e. The van der Waals surface area contributed by atoms with Gasteiger partial charge in [0.15, 0.2) is 5.82 Å². The first-order valence-corrected chi connectivity index (χ1v) is 11.8. The standard InChI is InChI=1S/C22H23BrN4O3S/c1-22(2,3)16-6-9-18(10-7-16)31(29,30)27-21-19(23)11-8-17(25-21)13-20(26-28)15-5-4-12-24-14-15/h4-12,14,28H,13H2,1-3H3,(H,25,27). The second kappa shape index (κ2) is 9.15. The molecule has 3 rings (SSSR count). The zero-order chi connectivity index (χ0) is 22.6. The van der Waals surface area contributed by atoms with Gasteiger partial charge in [-0.15, -0.1) is 0 Å². The van der Waals surface area contributed by atoms with Crippen LogP contribution in [0.2, 0.25) is 0 Å². The molecule has 0 fully saturated rings. The normalized spacial score (nSPS) is 12.6. The first-order valence-electron chi connectivity index (χ1n) is 9.50. The maximum absolute atomic E-state index is 12.9. The molecule has 0 atom stereocenters. The van der Waals surface area contributed by atoms with Crippen molar-refractivity contribution in [3.63, 3.8) is 0 Å². The highest BCUT2D eigenvalue weighted by molar-refractivity contribution is 9.10. The topological polar surface area (TPSA) is 105 Å². The van der Waals surface area contributed by atoms with Gasteiger partial charge in [-0.2, -0.15) is 0 Å². The fourth-order valence-corrected chi connectivity index (χ4v) is 4.35. The van der Waals surface area contributed by atoms with Gasteiger partial charge in [-0.25, -0.2) is 13.4 Å². The highest BCUT2D eigenvalue weighted by atomic mass is 79.9. The summed E-state index contributed by atoms with van der Waals surface area (Å²) in [4.78, 5) is 8.57. The fraction of sp³-hybridized carbons (Fsp3) is 0.227. The summed E-state index contributed by atoms with van der Waals surface area (Å²) in [5, 5.41) is 12.7. The van der Waals surface area contributed by atoms with Gasteiger partial charge in [0.05, 0.1) is 15.1 Å². The van der Waals surface area contributed by atoms with Crippen LogP contribution >= 0.6 is 15.9 Å². The second-order valence-corrected chi connectivity index (χ2v) is 10.5. The van der Waals surface area contributed by atoms with Gasteiger partial charge in [0.1, 0.15) is 0 Å². The molecule has 0 spiro atoms. The molecule has 9 heteroatoms. The van der Waals surface area contributed by atoms with E-state index >= 15 is 0 Å². The summed E-state index contributed by atoms with van der Waals surface area (Å²) in [6.07, 6.45) is 3.40. The van der Waals surface area contributed by atoms with Gasteiger partial charge in [0.25, 0.3) is 10.0 Å². The Morgan fingerprint density at radius 3 is 2.42 bits per heavy atom. The molecule has 7 nitrogen and oxygen atoms in total. The number of benzene rings is 1. The lowest BCUT2D eigenvalue weighted by molar-refractivity contribution is 0.318. The number of oxime groups is 1. The van der Waals surface area contributed by atoms with Crippen molar-refractivity contribution in [2.24, 2.45) is 5.16 Å². The lowest BCUT2D eigenvalue weighted by atomic mass is 9.87. The van der Waals surface area contributed by atoms with E-state index in [4.69, 9.17) is 0 Å². The minimum atomic E-state index is -3.83. The molecule has 1 aromatic carbocycles. The molecule has 0 radical (unpaired) electrons. The van der Waals surface area contributed by atoms with Crippen molar-refractivity contribution in [1.82, 2.24) is 9.97 Å². The lowest BCUT2D eigenvalue weighted by Crippen LogP contribution is -2.16. The Hall–Kier alpha value is -2.78. The first-order chi connectivity index (χ1) is 14.6. The molecule has 2 aromatic heterocycles. The highest BCUT2D eigenvalue weighted by Crippen LogP contribution is 2.26. The molecule has 2 N–H and O–H groups in total. The van der Waals surface area contributed by atoms with E-state index in [9.17, 15) is 13.6 Å². The summed E-state index contributed by atoms with van der Waals surface area (Å²) < 4.78 is 28.8. The summed E-state index contributed by atoms with van der Waals surface area (Å²) >= 11 is 3.34. The van der Waals surface area contributed by atoms with E-state index in [1.165, 1.54) is 0 Å². The third kappa shape index (κ3) is 5.68. The van der Waals surface area contributed by atoms with Crippen molar-refractivity contribution in [2.45, 2.75) is 37.5 Å². The fourth-order valence-electron chi connectivity index (χ4n) is 2.87. The molecule has 0 aliphatic rings. The highest BCUT2D eigenvalue weighted by Gasteiger charge is 2.20. The van der Waals surface area contributed by atoms with Gasteiger partial charge < -0.3 is 5.21 Å². The number of sulfonamides is 1. The monoisotopic (exact) mass is 502 g/mol. The molecule has 0 saturated heterocycles. The number of nitrogens with one attached hydrogen (secondary N) is 1. The van der Waals surface area contributed by atoms with Crippen molar-refractivity contribution < 1.29 is 13.6 Å². The van der Waals surface area contributed by atoms with Gasteiger partial charge in [-0.3, -0.25) is 9.71 Å². The first kappa shape index (κ1) is 22.9. The van der Waals surface area contributed by atoms with Crippen molar-refractivity contribution in [2.75, 3.05) is 4.72 Å². The van der Waals surface area contributed by atoms with Gasteiger partial charge in [0.2, 0.25) is 0 Å². The Bertz CT molecular complexity index is 1190. The van der Waals surface area contributed by atoms with Crippen LogP contribution in [0.15, 0.2) is 75.4 Å². The molecule has 0 unspecified atom stereocenters. The van der Waals surface area contributed by atoms with Crippen LogP contribution in [0, 0.1) is 0 Å². The minimum absolute atomic E-state index is 0.0745. The Morgan fingerprint density at radius 1 is 1.13 bits per heavy atom. The number of aromatic nitrogens is 2. The Labute approximate surface area is 190 Å². The van der Waals surface area contributed by atoms with Crippen LogP contribution in [-0.4, -0.2) is 29.3 Å². The average Bonchev–Trinajstić information content (AvgIpc) is 2.74. The van der Waals surface area contributed by atoms with Crippen LogP contribution in [0.25, 0.3) is 0 Å². The SMILES string of the molecule is CC(C)(C)c1ccc(S(=O)(=O)Nc2nc(CC(=NO)c3cccnc3)ccc2Br)cc1. The maximum Gasteiger partial charge on any atom is 0.263 e. The van der Waals surface area contributed by atoms with Crippen LogP contribution in [0.4, 0.5) is 5.82 Å². The molecule has 31 heavy (non-hydrogen) atoms. The van der Waals surface area contributed by atoms with Gasteiger partial charge in [0, 0.05) is 30.1 Å². The third-order valence-electron chi connectivity index (χ3n) is 4.63. The third-order valence-corrected chi connectivity index (χ3v) is 6.62. The van der Waals surface area contributed by atoms with Crippen LogP contribution < -0.4 is 4.72 Å². The number of nitrogens with zero attached hydrogens (tertiary/aromatic N) is 3. The predicted octanol–water partition coefficient (Wildman–Crippen LogP) is 4.76. The van der Waals surface area contributed by atoms with Crippen LogP contribution in [0.1, 0.15) is 37.6 Å². The molecule has 0 aliphatic carbocycles. The van der Waals surface area contributed by atoms with E-state index in [-0.39, 0.29) is 22.5 Å². The van der Waals surface area contributed by atoms with E-state index in [1.54, 1.807) is 48.8 Å². The predicted molar refractivity (Wildman–Crippen MR) is 124 cm³/mol. The van der Waals surface area contributed by atoms with Crippen molar-refractivity contribution in [3.8, 4) is 0 Å². The summed E-state index contributed by atoms with van der Waals surface area (Å²) in [7, 11) is -3.83. The summed E-state index contributed by atoms with van der Waals surface area (Å²) in [5.41, 5.74) is 2.51. The number of pyridine rings is 2. The summed E-state index contributed by atoms with van der Waals surface area (Å²) in [5.74, 6) is 0.154. The Kier molecular flexibility index (Phi) is 6.76. The molecule has 2 heterocycles. The number of halogens is 1. The molecule has 3 aromatic rings. The zero-order valence-electron chi connectivity index (χ0n) is 17.4. The second-order valence-electron chi connectivity index (χ2n) is 7.98. The minimum Gasteiger partial charge on any atom is -0.411 e. The van der Waals surface area contributed by atoms with E-state index in [1.807, 2.05) is 12.1 Å². The van der Waals surface area contributed by atoms with Crippen LogP contribution in [0.5, 0.6) is 0 Å². The van der Waals surface area contributed by atoms with E-state index in [2.05, 4.69) is 56.5 Å². The van der Waals surface area contributed by atoms with E-state index in [0.717, 1.165) is 5.56 Å². The number of hydrogen-bond acceptors (Lipinski definition) is 6. The number of rotatable bonds is 6. The number of hydrogen-bond donors (Lipinski definition) is 2. The molecular weight excluding hydrogens is 480 g/mol. The molecule has 0 aliphatic heterocycles.